The van der Waals surface area contributed by atoms with E-state index in [1.54, 1.807) is 0 Å². The molecular formula is C11H21Br2N. The van der Waals surface area contributed by atoms with E-state index < -0.39 is 0 Å². The largest absolute Gasteiger partial charge is 0.289 e. The van der Waals surface area contributed by atoms with Crippen LogP contribution in [0.1, 0.15) is 53.4 Å². The lowest BCUT2D eigenvalue weighted by Crippen LogP contribution is -2.18. The monoisotopic (exact) mass is 325 g/mol. The molecule has 84 valence electrons. The number of halogens is 2. The highest BCUT2D eigenvalue weighted by Gasteiger charge is 2.20. The van der Waals surface area contributed by atoms with E-state index in [4.69, 9.17) is 0 Å². The Labute approximate surface area is 105 Å². The zero-order valence-electron chi connectivity index (χ0n) is 9.61. The van der Waals surface area contributed by atoms with Crippen LogP contribution in [0.4, 0.5) is 0 Å². The van der Waals surface area contributed by atoms with Crippen molar-refractivity contribution >= 4 is 38.1 Å². The number of hydrogen-bond acceptors (Lipinski definition) is 1. The molecule has 0 saturated carbocycles. The first-order valence-electron chi connectivity index (χ1n) is 5.21. The summed E-state index contributed by atoms with van der Waals surface area (Å²) < 4.78 is -0.109. The second kappa shape index (κ2) is 6.26. The molecule has 0 aromatic heterocycles. The quantitative estimate of drug-likeness (QED) is 0.386. The van der Waals surface area contributed by atoms with Crippen LogP contribution in [0, 0.1) is 0 Å². The smallest absolute Gasteiger partial charge is 0.115 e. The van der Waals surface area contributed by atoms with Crippen LogP contribution >= 0.6 is 31.9 Å². The average molecular weight is 327 g/mol. The molecule has 0 saturated heterocycles. The van der Waals surface area contributed by atoms with Crippen LogP contribution in [0.2, 0.25) is 0 Å². The predicted molar refractivity (Wildman–Crippen MR) is 73.0 cm³/mol. The fourth-order valence-electron chi connectivity index (χ4n) is 0.963. The van der Waals surface area contributed by atoms with E-state index in [1.807, 2.05) is 6.21 Å². The maximum Gasteiger partial charge on any atom is 0.115 e. The molecule has 0 bridgehead atoms. The van der Waals surface area contributed by atoms with Crippen molar-refractivity contribution in [1.29, 1.82) is 0 Å². The van der Waals surface area contributed by atoms with Gasteiger partial charge in [0.25, 0.3) is 0 Å². The molecule has 14 heavy (non-hydrogen) atoms. The van der Waals surface area contributed by atoms with Crippen molar-refractivity contribution in [1.82, 2.24) is 0 Å². The molecule has 0 amide bonds. The molecule has 0 N–H and O–H groups in total. The number of hydrogen-bond donors (Lipinski definition) is 0. The molecule has 1 nitrogen and oxygen atoms in total. The number of aliphatic imine (C=N–C) groups is 1. The summed E-state index contributed by atoms with van der Waals surface area (Å²) in [5.41, 5.74) is 0.0115. The van der Waals surface area contributed by atoms with Crippen LogP contribution in [0.5, 0.6) is 0 Å². The summed E-state index contributed by atoms with van der Waals surface area (Å²) in [4.78, 5) is 4.49. The molecule has 0 spiro atoms. The van der Waals surface area contributed by atoms with E-state index in [-0.39, 0.29) is 8.77 Å². The van der Waals surface area contributed by atoms with Gasteiger partial charge in [0.05, 0.1) is 5.54 Å². The van der Waals surface area contributed by atoms with Gasteiger partial charge in [-0.1, -0.05) is 58.0 Å². The summed E-state index contributed by atoms with van der Waals surface area (Å²) in [5.74, 6) is 0. The fourth-order valence-corrected chi connectivity index (χ4v) is 1.73. The van der Waals surface area contributed by atoms with Gasteiger partial charge in [-0.2, -0.15) is 0 Å². The van der Waals surface area contributed by atoms with Crippen LogP contribution in [0.25, 0.3) is 0 Å². The highest BCUT2D eigenvalue weighted by Crippen LogP contribution is 2.31. The van der Waals surface area contributed by atoms with E-state index in [2.05, 4.69) is 64.5 Å². The van der Waals surface area contributed by atoms with Crippen LogP contribution in [-0.4, -0.2) is 15.0 Å². The Hall–Kier alpha value is 0.630. The van der Waals surface area contributed by atoms with Crippen molar-refractivity contribution in [3.05, 3.63) is 0 Å². The average Bonchev–Trinajstić information content (AvgIpc) is 2.00. The molecule has 0 aromatic rings. The van der Waals surface area contributed by atoms with Gasteiger partial charge in [-0.05, 0) is 27.2 Å². The Morgan fingerprint density at radius 2 is 1.71 bits per heavy atom. The van der Waals surface area contributed by atoms with Gasteiger partial charge in [0, 0.05) is 6.21 Å². The standard InChI is InChI=1S/C11H21Br2N/c1-5-6-7-8-11(12,13)9-14-10(2,3)4/h9H,5-8H2,1-4H3. The number of nitrogens with zero attached hydrogens (tertiary/aromatic N) is 1. The molecule has 3 heteroatoms. The summed E-state index contributed by atoms with van der Waals surface area (Å²) >= 11 is 7.26. The van der Waals surface area contributed by atoms with Crippen LogP contribution in [-0.2, 0) is 0 Å². The first-order valence-corrected chi connectivity index (χ1v) is 6.80. The molecule has 0 unspecified atom stereocenters. The third kappa shape index (κ3) is 9.20. The molecule has 0 aliphatic heterocycles. The van der Waals surface area contributed by atoms with Crippen molar-refractivity contribution in [3.8, 4) is 0 Å². The summed E-state index contributed by atoms with van der Waals surface area (Å²) in [6.07, 6.45) is 6.82. The van der Waals surface area contributed by atoms with Crippen molar-refractivity contribution in [3.63, 3.8) is 0 Å². The van der Waals surface area contributed by atoms with Crippen molar-refractivity contribution in [2.75, 3.05) is 0 Å². The van der Waals surface area contributed by atoms with Gasteiger partial charge < -0.3 is 0 Å². The SMILES string of the molecule is CCCCCC(Br)(Br)C=NC(C)(C)C. The maximum atomic E-state index is 4.49. The van der Waals surface area contributed by atoms with Crippen LogP contribution < -0.4 is 0 Å². The second-order valence-corrected chi connectivity index (χ2v) is 8.54. The van der Waals surface area contributed by atoms with Gasteiger partial charge in [0.2, 0.25) is 0 Å². The van der Waals surface area contributed by atoms with Gasteiger partial charge >= 0.3 is 0 Å². The fraction of sp³-hybridized carbons (Fsp3) is 0.909. The summed E-state index contributed by atoms with van der Waals surface area (Å²) in [7, 11) is 0. The maximum absolute atomic E-state index is 4.49. The van der Waals surface area contributed by atoms with Crippen molar-refractivity contribution in [2.45, 2.75) is 62.2 Å². The molecule has 0 radical (unpaired) electrons. The van der Waals surface area contributed by atoms with Gasteiger partial charge in [0.15, 0.2) is 0 Å². The first-order chi connectivity index (χ1) is 6.27. The zero-order valence-corrected chi connectivity index (χ0v) is 12.8. The molecule has 0 fully saturated rings. The molecule has 0 aliphatic carbocycles. The zero-order chi connectivity index (χ0) is 11.2. The minimum atomic E-state index is -0.109. The van der Waals surface area contributed by atoms with E-state index in [9.17, 15) is 0 Å². The van der Waals surface area contributed by atoms with E-state index in [0.717, 1.165) is 6.42 Å². The highest BCUT2D eigenvalue weighted by molar-refractivity contribution is 9.25. The summed E-state index contributed by atoms with van der Waals surface area (Å²) in [5, 5.41) is 0. The van der Waals surface area contributed by atoms with Gasteiger partial charge in [-0.3, -0.25) is 4.99 Å². The van der Waals surface area contributed by atoms with Crippen LogP contribution in [0.15, 0.2) is 4.99 Å². The highest BCUT2D eigenvalue weighted by atomic mass is 79.9. The molecule has 0 atom stereocenters. The molecule has 0 rings (SSSR count). The first kappa shape index (κ1) is 14.6. The molecular weight excluding hydrogens is 306 g/mol. The van der Waals surface area contributed by atoms with E-state index >= 15 is 0 Å². The molecule has 0 heterocycles. The van der Waals surface area contributed by atoms with Crippen LogP contribution in [0.3, 0.4) is 0 Å². The van der Waals surface area contributed by atoms with Gasteiger partial charge in [-0.15, -0.1) is 0 Å². The van der Waals surface area contributed by atoms with Crippen molar-refractivity contribution < 1.29 is 0 Å². The van der Waals surface area contributed by atoms with E-state index in [1.165, 1.54) is 19.3 Å². The van der Waals surface area contributed by atoms with Gasteiger partial charge in [-0.25, -0.2) is 0 Å². The van der Waals surface area contributed by atoms with Crippen molar-refractivity contribution in [2.24, 2.45) is 4.99 Å². The molecule has 0 aromatic carbocycles. The normalized spacial score (nSPS) is 13.9. The Balaban J connectivity index is 4.00. The minimum Gasteiger partial charge on any atom is -0.289 e. The summed E-state index contributed by atoms with van der Waals surface area (Å²) in [6.45, 7) is 8.52. The summed E-state index contributed by atoms with van der Waals surface area (Å²) in [6, 6.07) is 0. The lowest BCUT2D eigenvalue weighted by Gasteiger charge is -2.18. The number of alkyl halides is 2. The lowest BCUT2D eigenvalue weighted by atomic mass is 10.1. The van der Waals surface area contributed by atoms with E-state index in [0.29, 0.717) is 0 Å². The van der Waals surface area contributed by atoms with Gasteiger partial charge in [0.1, 0.15) is 3.23 Å². The lowest BCUT2D eigenvalue weighted by molar-refractivity contribution is 0.583. The second-order valence-electron chi connectivity index (χ2n) is 4.65. The Kier molecular flexibility index (Phi) is 6.55. The Morgan fingerprint density at radius 1 is 1.14 bits per heavy atom. The topological polar surface area (TPSA) is 12.4 Å². The predicted octanol–water partition coefficient (Wildman–Crippen LogP) is 4.92. The number of rotatable bonds is 5. The third-order valence-electron chi connectivity index (χ3n) is 1.75. The number of unbranched alkanes of at least 4 members (excludes halogenated alkanes) is 2. The minimum absolute atomic E-state index is 0.0115. The molecule has 0 aliphatic rings. The third-order valence-corrected chi connectivity index (χ3v) is 2.96. The Morgan fingerprint density at radius 3 is 2.14 bits per heavy atom. The Bertz CT molecular complexity index is 180.